The van der Waals surface area contributed by atoms with Crippen LogP contribution in [-0.4, -0.2) is 43.3 Å². The summed E-state index contributed by atoms with van der Waals surface area (Å²) in [5.74, 6) is -1.08. The van der Waals surface area contributed by atoms with Gasteiger partial charge in [0.2, 0.25) is 17.7 Å². The zero-order chi connectivity index (χ0) is 13.1. The Labute approximate surface area is 94.8 Å². The number of amides is 3. The minimum Gasteiger partial charge on any atom is -0.345 e. The Kier molecular flexibility index (Phi) is 9.89. The third-order valence-electron chi connectivity index (χ3n) is 1.25. The first-order valence-corrected chi connectivity index (χ1v) is 4.39. The summed E-state index contributed by atoms with van der Waals surface area (Å²) in [6.45, 7) is 6.25. The van der Waals surface area contributed by atoms with Crippen LogP contribution in [0.15, 0.2) is 25.3 Å². The van der Waals surface area contributed by atoms with Crippen LogP contribution in [0.4, 0.5) is 0 Å². The molecule has 90 valence electrons. The fourth-order valence-electron chi connectivity index (χ4n) is 0.422. The Morgan fingerprint density at radius 3 is 1.94 bits per heavy atom. The van der Waals surface area contributed by atoms with Gasteiger partial charge in [0.1, 0.15) is 0 Å². The van der Waals surface area contributed by atoms with E-state index in [4.69, 9.17) is 5.73 Å². The molecule has 6 nitrogen and oxygen atoms in total. The average molecular weight is 227 g/mol. The van der Waals surface area contributed by atoms with Crippen molar-refractivity contribution in [3.05, 3.63) is 25.3 Å². The molecule has 0 aliphatic heterocycles. The van der Waals surface area contributed by atoms with Crippen LogP contribution in [0, 0.1) is 0 Å². The van der Waals surface area contributed by atoms with Gasteiger partial charge in [0.05, 0.1) is 6.54 Å². The zero-order valence-corrected chi connectivity index (χ0v) is 9.53. The highest BCUT2D eigenvalue weighted by atomic mass is 16.2. The number of imide groups is 1. The number of likely N-dealkylation sites (N-methyl/N-ethyl adjacent to an activating group) is 1. The van der Waals surface area contributed by atoms with Gasteiger partial charge in [-0.3, -0.25) is 19.7 Å². The summed E-state index contributed by atoms with van der Waals surface area (Å²) in [6, 6.07) is 0. The maximum atomic E-state index is 10.3. The molecule has 0 spiro atoms. The molecule has 0 bridgehead atoms. The van der Waals surface area contributed by atoms with Gasteiger partial charge in [-0.05, 0) is 12.2 Å². The monoisotopic (exact) mass is 227 g/mol. The highest BCUT2D eigenvalue weighted by Crippen LogP contribution is 1.74. The van der Waals surface area contributed by atoms with Crippen LogP contribution in [0.25, 0.3) is 0 Å². The van der Waals surface area contributed by atoms with Gasteiger partial charge in [0, 0.05) is 14.1 Å². The molecule has 0 rings (SSSR count). The van der Waals surface area contributed by atoms with Gasteiger partial charge in [-0.25, -0.2) is 0 Å². The second-order valence-electron chi connectivity index (χ2n) is 2.76. The third kappa shape index (κ3) is 10.1. The Morgan fingerprint density at radius 2 is 1.75 bits per heavy atom. The van der Waals surface area contributed by atoms with E-state index >= 15 is 0 Å². The molecule has 0 atom stereocenters. The van der Waals surface area contributed by atoms with E-state index in [1.165, 1.54) is 11.0 Å². The molecular weight excluding hydrogens is 210 g/mol. The molecule has 0 saturated carbocycles. The van der Waals surface area contributed by atoms with E-state index < -0.39 is 11.8 Å². The standard InChI is InChI=1S/C5H8N2O2.C5H9NO/c1-2-4(8)7-5(9)3-6;1-4-5(7)6(2)3/h2H,1,3,6H2,(H,7,8,9);4H,1H2,2-3H3. The third-order valence-corrected chi connectivity index (χ3v) is 1.25. The normalized spacial score (nSPS) is 7.94. The fraction of sp³-hybridized carbons (Fsp3) is 0.300. The Bertz CT molecular complexity index is 285. The Balaban J connectivity index is 0. The number of hydrogen-bond donors (Lipinski definition) is 2. The fourth-order valence-corrected chi connectivity index (χ4v) is 0.422. The summed E-state index contributed by atoms with van der Waals surface area (Å²) in [7, 11) is 3.37. The number of carbonyl (C=O) groups excluding carboxylic acids is 3. The van der Waals surface area contributed by atoms with Crippen LogP contribution in [0.3, 0.4) is 0 Å². The highest BCUT2D eigenvalue weighted by molar-refractivity contribution is 6.01. The van der Waals surface area contributed by atoms with Crippen molar-refractivity contribution in [3.8, 4) is 0 Å². The van der Waals surface area contributed by atoms with E-state index in [0.29, 0.717) is 0 Å². The van der Waals surface area contributed by atoms with E-state index in [1.54, 1.807) is 14.1 Å². The van der Waals surface area contributed by atoms with Crippen LogP contribution in [0.5, 0.6) is 0 Å². The van der Waals surface area contributed by atoms with Crippen LogP contribution in [0.1, 0.15) is 0 Å². The summed E-state index contributed by atoms with van der Waals surface area (Å²) >= 11 is 0. The van der Waals surface area contributed by atoms with E-state index in [1.807, 2.05) is 5.32 Å². The quantitative estimate of drug-likeness (QED) is 0.607. The van der Waals surface area contributed by atoms with E-state index in [-0.39, 0.29) is 12.5 Å². The second kappa shape index (κ2) is 9.60. The molecule has 0 fully saturated rings. The molecule has 0 heterocycles. The number of carbonyl (C=O) groups is 3. The van der Waals surface area contributed by atoms with Crippen molar-refractivity contribution in [1.82, 2.24) is 10.2 Å². The van der Waals surface area contributed by atoms with Crippen LogP contribution < -0.4 is 11.1 Å². The largest absolute Gasteiger partial charge is 0.345 e. The summed E-state index contributed by atoms with van der Waals surface area (Å²) < 4.78 is 0. The van der Waals surface area contributed by atoms with Gasteiger partial charge in [-0.2, -0.15) is 0 Å². The first-order chi connectivity index (χ1) is 7.38. The summed E-state index contributed by atoms with van der Waals surface area (Å²) in [5, 5.41) is 1.96. The lowest BCUT2D eigenvalue weighted by Gasteiger charge is -2.03. The van der Waals surface area contributed by atoms with Crippen LogP contribution in [0.2, 0.25) is 0 Å². The molecule has 6 heteroatoms. The lowest BCUT2D eigenvalue weighted by atomic mass is 10.5. The van der Waals surface area contributed by atoms with Gasteiger partial charge in [0.15, 0.2) is 0 Å². The van der Waals surface area contributed by atoms with Crippen LogP contribution >= 0.6 is 0 Å². The first-order valence-electron chi connectivity index (χ1n) is 4.39. The van der Waals surface area contributed by atoms with Crippen molar-refractivity contribution in [3.63, 3.8) is 0 Å². The minimum absolute atomic E-state index is 0.0556. The second-order valence-corrected chi connectivity index (χ2v) is 2.76. The SMILES string of the molecule is C=CC(=O)N(C)C.C=CC(=O)NC(=O)CN. The smallest absolute Gasteiger partial charge is 0.249 e. The molecule has 0 aromatic heterocycles. The maximum absolute atomic E-state index is 10.3. The average Bonchev–Trinajstić information content (AvgIpc) is 2.28. The van der Waals surface area contributed by atoms with Crippen molar-refractivity contribution in [2.45, 2.75) is 0 Å². The summed E-state index contributed by atoms with van der Waals surface area (Å²) in [5.41, 5.74) is 4.88. The number of hydrogen-bond acceptors (Lipinski definition) is 4. The molecule has 0 saturated heterocycles. The summed E-state index contributed by atoms with van der Waals surface area (Å²) in [6.07, 6.45) is 2.29. The molecular formula is C10H17N3O3. The van der Waals surface area contributed by atoms with E-state index in [2.05, 4.69) is 13.2 Å². The lowest BCUT2D eigenvalue weighted by Crippen LogP contribution is -2.34. The molecule has 3 amide bonds. The van der Waals surface area contributed by atoms with Crippen molar-refractivity contribution in [2.24, 2.45) is 5.73 Å². The molecule has 16 heavy (non-hydrogen) atoms. The van der Waals surface area contributed by atoms with E-state index in [0.717, 1.165) is 6.08 Å². The predicted octanol–water partition coefficient (Wildman–Crippen LogP) is -0.965. The number of rotatable bonds is 3. The topological polar surface area (TPSA) is 92.5 Å². The lowest BCUT2D eigenvalue weighted by molar-refractivity contribution is -0.127. The van der Waals surface area contributed by atoms with Gasteiger partial charge < -0.3 is 10.6 Å². The Hall–Kier alpha value is -1.95. The van der Waals surface area contributed by atoms with Gasteiger partial charge in [-0.15, -0.1) is 0 Å². The first kappa shape index (κ1) is 16.5. The van der Waals surface area contributed by atoms with Crippen LogP contribution in [-0.2, 0) is 14.4 Å². The molecule has 0 radical (unpaired) electrons. The number of nitrogens with one attached hydrogen (secondary N) is 1. The molecule has 0 aliphatic carbocycles. The predicted molar refractivity (Wildman–Crippen MR) is 61.3 cm³/mol. The van der Waals surface area contributed by atoms with Gasteiger partial charge >= 0.3 is 0 Å². The summed E-state index contributed by atoms with van der Waals surface area (Å²) in [4.78, 5) is 32.3. The molecule has 3 N–H and O–H groups in total. The molecule has 0 unspecified atom stereocenters. The maximum Gasteiger partial charge on any atom is 0.249 e. The minimum atomic E-state index is -0.523. The van der Waals surface area contributed by atoms with Crippen molar-refractivity contribution in [2.75, 3.05) is 20.6 Å². The number of nitrogens with two attached hydrogens (primary N) is 1. The van der Waals surface area contributed by atoms with Gasteiger partial charge in [0.25, 0.3) is 0 Å². The van der Waals surface area contributed by atoms with Crippen molar-refractivity contribution in [1.29, 1.82) is 0 Å². The highest BCUT2D eigenvalue weighted by Gasteiger charge is 1.98. The Morgan fingerprint density at radius 1 is 1.25 bits per heavy atom. The molecule has 0 aromatic carbocycles. The van der Waals surface area contributed by atoms with Crippen molar-refractivity contribution < 1.29 is 14.4 Å². The molecule has 0 aromatic rings. The number of nitrogens with zero attached hydrogens (tertiary/aromatic N) is 1. The molecule has 0 aliphatic rings. The zero-order valence-electron chi connectivity index (χ0n) is 9.53. The van der Waals surface area contributed by atoms with E-state index in [9.17, 15) is 14.4 Å². The van der Waals surface area contributed by atoms with Gasteiger partial charge in [-0.1, -0.05) is 13.2 Å². The van der Waals surface area contributed by atoms with Crippen molar-refractivity contribution >= 4 is 17.7 Å².